The lowest BCUT2D eigenvalue weighted by Gasteiger charge is -2.41. The number of halogens is 3. The van der Waals surface area contributed by atoms with E-state index in [1.165, 1.54) is 24.1 Å². The van der Waals surface area contributed by atoms with Gasteiger partial charge in [0.15, 0.2) is 11.6 Å². The molecule has 1 aliphatic heterocycles. The summed E-state index contributed by atoms with van der Waals surface area (Å²) in [4.78, 5) is 37.8. The molecule has 0 aliphatic carbocycles. The Kier molecular flexibility index (Phi) is 9.88. The number of anilines is 2. The quantitative estimate of drug-likeness (QED) is 0.335. The average Bonchev–Trinajstić information content (AvgIpc) is 2.95. The highest BCUT2D eigenvalue weighted by Crippen LogP contribution is 2.26. The van der Waals surface area contributed by atoms with Crippen LogP contribution in [0.2, 0.25) is 5.02 Å². The zero-order valence-corrected chi connectivity index (χ0v) is 24.1. The van der Waals surface area contributed by atoms with E-state index in [1.807, 2.05) is 13.8 Å². The van der Waals surface area contributed by atoms with Crippen molar-refractivity contribution in [3.8, 4) is 0 Å². The third-order valence-electron chi connectivity index (χ3n) is 7.43. The molecule has 3 heterocycles. The van der Waals surface area contributed by atoms with Crippen molar-refractivity contribution < 1.29 is 23.5 Å². The molecule has 1 aromatic carbocycles. The minimum absolute atomic E-state index is 0.0127. The molecule has 3 aromatic rings. The minimum Gasteiger partial charge on any atom is -0.396 e. The number of hydrogen-bond donors (Lipinski definition) is 2. The Morgan fingerprint density at radius 3 is 2.56 bits per heavy atom. The molecule has 2 aromatic heterocycles. The van der Waals surface area contributed by atoms with Crippen LogP contribution in [0.5, 0.6) is 0 Å². The number of nitrogens with zero attached hydrogens (tertiary/aromatic N) is 4. The van der Waals surface area contributed by atoms with Gasteiger partial charge < -0.3 is 15.3 Å². The second kappa shape index (κ2) is 13.4. The van der Waals surface area contributed by atoms with E-state index in [-0.39, 0.29) is 59.4 Å². The van der Waals surface area contributed by atoms with Crippen LogP contribution in [0.25, 0.3) is 0 Å². The van der Waals surface area contributed by atoms with Gasteiger partial charge in [0.25, 0.3) is 5.91 Å². The fraction of sp³-hybridized carbons (Fsp3) is 0.400. The van der Waals surface area contributed by atoms with E-state index in [4.69, 9.17) is 11.6 Å². The molecule has 1 unspecified atom stereocenters. The smallest absolute Gasteiger partial charge is 0.261 e. The van der Waals surface area contributed by atoms with Gasteiger partial charge in [-0.25, -0.2) is 18.7 Å². The van der Waals surface area contributed by atoms with Crippen molar-refractivity contribution in [2.45, 2.75) is 46.1 Å². The highest BCUT2D eigenvalue weighted by Gasteiger charge is 2.33. The number of rotatable bonds is 11. The molecular formula is C30H34ClF2N5O3. The number of benzene rings is 1. The Morgan fingerprint density at radius 1 is 1.15 bits per heavy atom. The van der Waals surface area contributed by atoms with Gasteiger partial charge in [0.05, 0.1) is 16.6 Å². The van der Waals surface area contributed by atoms with E-state index in [0.717, 1.165) is 12.0 Å². The number of carbonyl (C=O) groups is 2. The maximum absolute atomic E-state index is 15.5. The first-order chi connectivity index (χ1) is 19.6. The van der Waals surface area contributed by atoms with Gasteiger partial charge in [-0.15, -0.1) is 0 Å². The molecule has 1 atom stereocenters. The predicted octanol–water partition coefficient (Wildman–Crippen LogP) is 4.81. The number of aliphatic hydroxyl groups excluding tert-OH is 1. The summed E-state index contributed by atoms with van der Waals surface area (Å²) in [6.07, 6.45) is 4.17. The molecule has 11 heteroatoms. The van der Waals surface area contributed by atoms with E-state index in [2.05, 4.69) is 15.3 Å². The van der Waals surface area contributed by atoms with Crippen LogP contribution in [0.3, 0.4) is 0 Å². The van der Waals surface area contributed by atoms with E-state index in [1.54, 1.807) is 35.4 Å². The van der Waals surface area contributed by atoms with Crippen molar-refractivity contribution in [3.63, 3.8) is 0 Å². The SMILES string of the molecule is CCC(C)C(=O)N1CC(Nc2ncc(C(=O)N(CCc3cccc(Cl)c3F)c3ccc(CCO)cn3)c(C)c2F)C1. The van der Waals surface area contributed by atoms with E-state index >= 15 is 4.39 Å². The van der Waals surface area contributed by atoms with E-state index < -0.39 is 17.5 Å². The second-order valence-electron chi connectivity index (χ2n) is 10.3. The second-order valence-corrected chi connectivity index (χ2v) is 10.7. The lowest BCUT2D eigenvalue weighted by atomic mass is 10.0. The Hall–Kier alpha value is -3.63. The van der Waals surface area contributed by atoms with Crippen LogP contribution in [0.4, 0.5) is 20.4 Å². The first-order valence-corrected chi connectivity index (χ1v) is 14.0. The van der Waals surface area contributed by atoms with Crippen molar-refractivity contribution in [2.24, 2.45) is 5.92 Å². The van der Waals surface area contributed by atoms with Crippen LogP contribution < -0.4 is 10.2 Å². The van der Waals surface area contributed by atoms with Crippen molar-refractivity contribution in [1.29, 1.82) is 0 Å². The molecular weight excluding hydrogens is 552 g/mol. The summed E-state index contributed by atoms with van der Waals surface area (Å²) in [5, 5.41) is 12.2. The molecule has 1 fully saturated rings. The summed E-state index contributed by atoms with van der Waals surface area (Å²) in [6.45, 7) is 6.26. The standard InChI is InChI=1S/C30H34ClF2N5O3/c1-4-18(2)29(40)37-16-22(17-37)36-28-26(32)19(3)23(15-35-28)30(41)38(25-9-8-20(11-13-39)14-34-25)12-10-21-6-5-7-24(31)27(21)33/h5-9,14-15,18,22,39H,4,10-13,16-17H2,1-3H3,(H,35,36). The third-order valence-corrected chi connectivity index (χ3v) is 7.72. The Bertz CT molecular complexity index is 1400. The fourth-order valence-electron chi connectivity index (χ4n) is 4.62. The Balaban J connectivity index is 1.54. The summed E-state index contributed by atoms with van der Waals surface area (Å²) in [7, 11) is 0. The number of aromatic nitrogens is 2. The van der Waals surface area contributed by atoms with Gasteiger partial charge >= 0.3 is 0 Å². The molecule has 0 bridgehead atoms. The van der Waals surface area contributed by atoms with Crippen LogP contribution in [-0.2, 0) is 17.6 Å². The monoisotopic (exact) mass is 585 g/mol. The molecule has 4 rings (SSSR count). The molecule has 2 N–H and O–H groups in total. The number of amides is 2. The Morgan fingerprint density at radius 2 is 1.90 bits per heavy atom. The first-order valence-electron chi connectivity index (χ1n) is 13.7. The molecule has 41 heavy (non-hydrogen) atoms. The molecule has 0 radical (unpaired) electrons. The summed E-state index contributed by atoms with van der Waals surface area (Å²) in [5.74, 6) is -1.44. The van der Waals surface area contributed by atoms with Crippen LogP contribution in [0, 0.1) is 24.5 Å². The third kappa shape index (κ3) is 6.82. The van der Waals surface area contributed by atoms with Crippen LogP contribution in [0.15, 0.2) is 42.7 Å². The average molecular weight is 586 g/mol. The lowest BCUT2D eigenvalue weighted by molar-refractivity contribution is -0.139. The van der Waals surface area contributed by atoms with Crippen LogP contribution in [-0.4, -0.2) is 64.1 Å². The summed E-state index contributed by atoms with van der Waals surface area (Å²) >= 11 is 5.94. The summed E-state index contributed by atoms with van der Waals surface area (Å²) in [6, 6.07) is 7.90. The molecule has 1 saturated heterocycles. The molecule has 1 aliphatic rings. The highest BCUT2D eigenvalue weighted by molar-refractivity contribution is 6.30. The van der Waals surface area contributed by atoms with Crippen LogP contribution >= 0.6 is 11.6 Å². The highest BCUT2D eigenvalue weighted by atomic mass is 35.5. The van der Waals surface area contributed by atoms with Crippen molar-refractivity contribution in [2.75, 3.05) is 36.5 Å². The number of likely N-dealkylation sites (tertiary alicyclic amines) is 1. The number of carbonyl (C=O) groups excluding carboxylic acids is 2. The van der Waals surface area contributed by atoms with Gasteiger partial charge in [-0.3, -0.25) is 14.5 Å². The Labute approximate surface area is 243 Å². The number of hydrogen-bond acceptors (Lipinski definition) is 6. The van der Waals surface area contributed by atoms with Crippen molar-refractivity contribution in [3.05, 3.63) is 81.6 Å². The van der Waals surface area contributed by atoms with Gasteiger partial charge in [0, 0.05) is 50.1 Å². The van der Waals surface area contributed by atoms with Gasteiger partial charge in [-0.2, -0.15) is 0 Å². The largest absolute Gasteiger partial charge is 0.396 e. The zero-order valence-electron chi connectivity index (χ0n) is 23.3. The maximum atomic E-state index is 15.5. The van der Waals surface area contributed by atoms with Gasteiger partial charge in [0.2, 0.25) is 5.91 Å². The van der Waals surface area contributed by atoms with Gasteiger partial charge in [0.1, 0.15) is 11.6 Å². The van der Waals surface area contributed by atoms with Crippen LogP contribution in [0.1, 0.15) is 47.3 Å². The zero-order chi connectivity index (χ0) is 29.7. The fourth-order valence-corrected chi connectivity index (χ4v) is 4.81. The molecule has 2 amide bonds. The topological polar surface area (TPSA) is 98.7 Å². The molecule has 0 spiro atoms. The molecule has 218 valence electrons. The molecule has 8 nitrogen and oxygen atoms in total. The maximum Gasteiger partial charge on any atom is 0.261 e. The predicted molar refractivity (Wildman–Crippen MR) is 154 cm³/mol. The van der Waals surface area contributed by atoms with E-state index in [9.17, 15) is 19.1 Å². The number of aliphatic hydroxyl groups is 1. The normalized spacial score (nSPS) is 14.0. The summed E-state index contributed by atoms with van der Waals surface area (Å²) in [5.41, 5.74) is 1.26. The molecule has 0 saturated carbocycles. The lowest BCUT2D eigenvalue weighted by Crippen LogP contribution is -2.58. The number of pyridine rings is 2. The first kappa shape index (κ1) is 30.3. The van der Waals surface area contributed by atoms with Crippen molar-refractivity contribution in [1.82, 2.24) is 14.9 Å². The minimum atomic E-state index is -0.658. The van der Waals surface area contributed by atoms with Crippen molar-refractivity contribution >= 4 is 35.1 Å². The van der Waals surface area contributed by atoms with Gasteiger partial charge in [-0.1, -0.05) is 43.6 Å². The van der Waals surface area contributed by atoms with E-state index in [0.29, 0.717) is 30.9 Å². The van der Waals surface area contributed by atoms with Gasteiger partial charge in [-0.05, 0) is 49.4 Å². The number of nitrogens with one attached hydrogen (secondary N) is 1. The summed E-state index contributed by atoms with van der Waals surface area (Å²) < 4.78 is 30.0.